The molecule has 140 valence electrons. The van der Waals surface area contributed by atoms with E-state index in [0.717, 1.165) is 18.5 Å². The Labute approximate surface area is 162 Å². The molecule has 2 aliphatic carbocycles. The maximum absolute atomic E-state index is 6.07. The first-order valence-electron chi connectivity index (χ1n) is 10.1. The first-order chi connectivity index (χ1) is 12.3. The number of hydrogen-bond donors (Lipinski definition) is 1. The van der Waals surface area contributed by atoms with Crippen LogP contribution in [0.1, 0.15) is 88.3 Å². The molecule has 0 aliphatic heterocycles. The van der Waals surface area contributed by atoms with E-state index in [4.69, 9.17) is 10.7 Å². The zero-order valence-electron chi connectivity index (χ0n) is 16.6. The lowest BCUT2D eigenvalue weighted by Crippen LogP contribution is -2.33. The minimum absolute atomic E-state index is 0.249. The monoisotopic (exact) mass is 368 g/mol. The zero-order chi connectivity index (χ0) is 18.5. The molecule has 4 rings (SSSR count). The van der Waals surface area contributed by atoms with Crippen molar-refractivity contribution in [2.24, 2.45) is 5.73 Å². The first-order valence-corrected chi connectivity index (χ1v) is 11.0. The highest BCUT2D eigenvalue weighted by atomic mass is 32.1. The molecule has 0 unspecified atom stereocenters. The molecular weight excluding hydrogens is 336 g/mol. The lowest BCUT2D eigenvalue weighted by Gasteiger charge is -2.42. The average molecular weight is 369 g/mol. The standard InChI is InChI=1S/C23H32N2S/c1-22(2)11-12-23(3,4)19-13-16(7-10-18(19)22)20-14-26-21(25-20)15-5-8-17(24)9-6-15/h7,10,13-15,17H,5-6,8-9,11-12,24H2,1-4H3. The van der Waals surface area contributed by atoms with Gasteiger partial charge < -0.3 is 5.73 Å². The maximum atomic E-state index is 6.07. The van der Waals surface area contributed by atoms with Crippen LogP contribution in [0.3, 0.4) is 0 Å². The molecule has 1 aromatic heterocycles. The van der Waals surface area contributed by atoms with Crippen LogP contribution in [0.2, 0.25) is 0 Å². The number of aromatic nitrogens is 1. The summed E-state index contributed by atoms with van der Waals surface area (Å²) in [5.74, 6) is 0.613. The lowest BCUT2D eigenvalue weighted by molar-refractivity contribution is 0.332. The van der Waals surface area contributed by atoms with Crippen molar-refractivity contribution in [2.45, 2.75) is 89.0 Å². The minimum Gasteiger partial charge on any atom is -0.328 e. The van der Waals surface area contributed by atoms with Gasteiger partial charge in [-0.3, -0.25) is 0 Å². The quantitative estimate of drug-likeness (QED) is 0.691. The summed E-state index contributed by atoms with van der Waals surface area (Å²) in [4.78, 5) is 5.04. The van der Waals surface area contributed by atoms with Gasteiger partial charge in [0.25, 0.3) is 0 Å². The molecule has 2 N–H and O–H groups in total. The van der Waals surface area contributed by atoms with Crippen molar-refractivity contribution in [3.8, 4) is 11.3 Å². The van der Waals surface area contributed by atoms with Crippen LogP contribution in [0.15, 0.2) is 23.6 Å². The number of fused-ring (bicyclic) bond motifs is 1. The molecule has 2 nitrogen and oxygen atoms in total. The van der Waals surface area contributed by atoms with Gasteiger partial charge in [-0.05, 0) is 66.5 Å². The third-order valence-corrected chi connectivity index (χ3v) is 7.80. The number of nitrogens with two attached hydrogens (primary N) is 1. The zero-order valence-corrected chi connectivity index (χ0v) is 17.5. The van der Waals surface area contributed by atoms with Crippen LogP contribution in [0.5, 0.6) is 0 Å². The SMILES string of the molecule is CC1(C)CCC(C)(C)c2cc(-c3csc(C4CCC(N)CC4)n3)ccc21. The fraction of sp³-hybridized carbons (Fsp3) is 0.609. The molecule has 0 atom stereocenters. The van der Waals surface area contributed by atoms with Crippen LogP contribution in [0, 0.1) is 0 Å². The molecule has 2 aliphatic rings. The molecule has 1 aromatic carbocycles. The van der Waals surface area contributed by atoms with E-state index < -0.39 is 0 Å². The van der Waals surface area contributed by atoms with E-state index in [-0.39, 0.29) is 10.8 Å². The highest BCUT2D eigenvalue weighted by molar-refractivity contribution is 7.10. The van der Waals surface area contributed by atoms with Crippen molar-refractivity contribution in [3.63, 3.8) is 0 Å². The van der Waals surface area contributed by atoms with Crippen molar-refractivity contribution >= 4 is 11.3 Å². The highest BCUT2D eigenvalue weighted by Gasteiger charge is 2.37. The van der Waals surface area contributed by atoms with Gasteiger partial charge in [0.05, 0.1) is 10.7 Å². The van der Waals surface area contributed by atoms with Crippen molar-refractivity contribution < 1.29 is 0 Å². The second-order valence-electron chi connectivity index (χ2n) is 9.71. The largest absolute Gasteiger partial charge is 0.328 e. The molecule has 0 radical (unpaired) electrons. The summed E-state index contributed by atoms with van der Waals surface area (Å²) in [6.45, 7) is 9.55. The normalized spacial score (nSPS) is 27.1. The average Bonchev–Trinajstić information content (AvgIpc) is 3.09. The Hall–Kier alpha value is -1.19. The summed E-state index contributed by atoms with van der Waals surface area (Å²) >= 11 is 1.84. The minimum atomic E-state index is 0.249. The molecule has 1 fully saturated rings. The summed E-state index contributed by atoms with van der Waals surface area (Å²) < 4.78 is 0. The number of hydrogen-bond acceptors (Lipinski definition) is 3. The number of benzene rings is 1. The van der Waals surface area contributed by atoms with E-state index in [1.54, 1.807) is 0 Å². The van der Waals surface area contributed by atoms with Crippen molar-refractivity contribution in [1.29, 1.82) is 0 Å². The predicted octanol–water partition coefficient (Wildman–Crippen LogP) is 6.14. The maximum Gasteiger partial charge on any atom is 0.0963 e. The molecule has 26 heavy (non-hydrogen) atoms. The lowest BCUT2D eigenvalue weighted by atomic mass is 9.63. The van der Waals surface area contributed by atoms with Gasteiger partial charge in [-0.1, -0.05) is 39.8 Å². The molecule has 2 aromatic rings. The number of nitrogens with zero attached hydrogens (tertiary/aromatic N) is 1. The van der Waals surface area contributed by atoms with Gasteiger partial charge in [0, 0.05) is 22.9 Å². The van der Waals surface area contributed by atoms with Gasteiger partial charge in [-0.25, -0.2) is 4.98 Å². The predicted molar refractivity (Wildman–Crippen MR) is 112 cm³/mol. The van der Waals surface area contributed by atoms with Gasteiger partial charge in [0.1, 0.15) is 0 Å². The van der Waals surface area contributed by atoms with Gasteiger partial charge in [0.2, 0.25) is 0 Å². The molecule has 0 amide bonds. The second kappa shape index (κ2) is 6.45. The Balaban J connectivity index is 1.65. The van der Waals surface area contributed by atoms with Crippen LogP contribution in [-0.4, -0.2) is 11.0 Å². The topological polar surface area (TPSA) is 38.9 Å². The van der Waals surface area contributed by atoms with Crippen LogP contribution >= 0.6 is 11.3 Å². The van der Waals surface area contributed by atoms with Gasteiger partial charge >= 0.3 is 0 Å². The molecule has 3 heteroatoms. The van der Waals surface area contributed by atoms with E-state index in [2.05, 4.69) is 51.3 Å². The summed E-state index contributed by atoms with van der Waals surface area (Å²) in [6.07, 6.45) is 7.18. The van der Waals surface area contributed by atoms with E-state index in [1.165, 1.54) is 47.4 Å². The molecule has 0 saturated heterocycles. The van der Waals surface area contributed by atoms with Gasteiger partial charge in [-0.2, -0.15) is 0 Å². The van der Waals surface area contributed by atoms with Crippen LogP contribution < -0.4 is 5.73 Å². The van der Waals surface area contributed by atoms with Gasteiger partial charge in [-0.15, -0.1) is 11.3 Å². The molecule has 0 spiro atoms. The van der Waals surface area contributed by atoms with Crippen molar-refractivity contribution in [3.05, 3.63) is 39.7 Å². The Morgan fingerprint density at radius 1 is 0.962 bits per heavy atom. The van der Waals surface area contributed by atoms with Crippen molar-refractivity contribution in [2.75, 3.05) is 0 Å². The third-order valence-electron chi connectivity index (χ3n) is 6.79. The van der Waals surface area contributed by atoms with E-state index >= 15 is 0 Å². The molecule has 1 heterocycles. The summed E-state index contributed by atoms with van der Waals surface area (Å²) in [7, 11) is 0. The van der Waals surface area contributed by atoms with Crippen LogP contribution in [0.4, 0.5) is 0 Å². The van der Waals surface area contributed by atoms with Crippen LogP contribution in [-0.2, 0) is 10.8 Å². The van der Waals surface area contributed by atoms with Gasteiger partial charge in [0.15, 0.2) is 0 Å². The van der Waals surface area contributed by atoms with E-state index in [9.17, 15) is 0 Å². The number of rotatable bonds is 2. The second-order valence-corrected chi connectivity index (χ2v) is 10.6. The Morgan fingerprint density at radius 2 is 1.62 bits per heavy atom. The summed E-state index contributed by atoms with van der Waals surface area (Å²) in [6, 6.07) is 7.48. The summed E-state index contributed by atoms with van der Waals surface area (Å²) in [5.41, 5.74) is 12.1. The van der Waals surface area contributed by atoms with E-state index in [1.807, 2.05) is 11.3 Å². The number of thiazole rings is 1. The van der Waals surface area contributed by atoms with E-state index in [0.29, 0.717) is 12.0 Å². The fourth-order valence-corrected chi connectivity index (χ4v) is 5.72. The highest BCUT2D eigenvalue weighted by Crippen LogP contribution is 2.47. The smallest absolute Gasteiger partial charge is 0.0963 e. The molecule has 1 saturated carbocycles. The first kappa shape index (κ1) is 18.2. The fourth-order valence-electron chi connectivity index (χ4n) is 4.72. The summed E-state index contributed by atoms with van der Waals surface area (Å²) in [5, 5.41) is 3.57. The Morgan fingerprint density at radius 3 is 2.31 bits per heavy atom. The van der Waals surface area contributed by atoms with Crippen molar-refractivity contribution in [1.82, 2.24) is 4.98 Å². The third kappa shape index (κ3) is 3.25. The van der Waals surface area contributed by atoms with Crippen LogP contribution in [0.25, 0.3) is 11.3 Å². The molecular formula is C23H32N2S. The molecule has 0 bridgehead atoms. The Kier molecular flexibility index (Phi) is 4.51. The Bertz CT molecular complexity index is 794.